The second-order valence-corrected chi connectivity index (χ2v) is 10.4. The Balaban J connectivity index is 1.40. The lowest BCUT2D eigenvalue weighted by molar-refractivity contribution is -0.130. The maximum atomic E-state index is 13.6. The number of thiophene rings is 1. The molecule has 0 unspecified atom stereocenters. The number of anilines is 1. The molecule has 4 N–H and O–H groups in total. The largest absolute Gasteiger partial charge is 0.343 e. The first-order valence-electron chi connectivity index (χ1n) is 11.7. The van der Waals surface area contributed by atoms with Crippen LogP contribution in [-0.2, 0) is 22.6 Å². The van der Waals surface area contributed by atoms with E-state index < -0.39 is 11.6 Å². The Morgan fingerprint density at radius 2 is 1.92 bits per heavy atom. The fourth-order valence-electron chi connectivity index (χ4n) is 4.29. The number of hydrogen-bond donors (Lipinski definition) is 3. The Bertz CT molecular complexity index is 1370. The first kappa shape index (κ1) is 23.8. The summed E-state index contributed by atoms with van der Waals surface area (Å²) in [6.07, 6.45) is 1.26. The summed E-state index contributed by atoms with van der Waals surface area (Å²) >= 11 is 1.63. The van der Waals surface area contributed by atoms with E-state index in [4.69, 9.17) is 5.73 Å². The molecule has 0 aliphatic carbocycles. The van der Waals surface area contributed by atoms with E-state index in [0.29, 0.717) is 18.8 Å². The molecule has 2 amide bonds. The maximum absolute atomic E-state index is 13.6. The molecule has 36 heavy (non-hydrogen) atoms. The summed E-state index contributed by atoms with van der Waals surface area (Å²) < 4.78 is 0. The third-order valence-electron chi connectivity index (χ3n) is 6.25. The standard InChI is InChI=1S/C26H27N7O2S/c1-26(2,27)25(35)28-20-11-12-22-21(13-14-36-22)33(24(20)34)15-16-7-9-17(10-8-16)18-5-3-4-6-19(18)23-29-31-32-30-23/h3-10,13-14,20H,11-12,15,27H2,1-2H3,(H,28,35)(H,29,30,31,32)/t20-/m1/s1. The van der Waals surface area contributed by atoms with E-state index in [2.05, 4.69) is 25.9 Å². The van der Waals surface area contributed by atoms with Crippen LogP contribution < -0.4 is 16.0 Å². The molecule has 0 bridgehead atoms. The van der Waals surface area contributed by atoms with Crippen molar-refractivity contribution in [2.24, 2.45) is 5.73 Å². The van der Waals surface area contributed by atoms with Gasteiger partial charge in [0.1, 0.15) is 6.04 Å². The normalized spacial score (nSPS) is 15.9. The quantitative estimate of drug-likeness (QED) is 0.372. The number of aromatic nitrogens is 4. The van der Waals surface area contributed by atoms with Gasteiger partial charge in [-0.1, -0.05) is 48.5 Å². The second-order valence-electron chi connectivity index (χ2n) is 9.42. The molecular formula is C26H27N7O2S. The number of aromatic amines is 1. The van der Waals surface area contributed by atoms with Crippen molar-refractivity contribution in [2.75, 3.05) is 4.90 Å². The summed E-state index contributed by atoms with van der Waals surface area (Å²) in [4.78, 5) is 29.0. The lowest BCUT2D eigenvalue weighted by atomic mass is 9.98. The lowest BCUT2D eigenvalue weighted by Crippen LogP contribution is -2.56. The lowest BCUT2D eigenvalue weighted by Gasteiger charge is -2.27. The highest BCUT2D eigenvalue weighted by molar-refractivity contribution is 7.10. The molecule has 2 aromatic carbocycles. The van der Waals surface area contributed by atoms with Crippen LogP contribution in [0, 0.1) is 0 Å². The number of carbonyl (C=O) groups excluding carboxylic acids is 2. The van der Waals surface area contributed by atoms with Gasteiger partial charge < -0.3 is 16.0 Å². The highest BCUT2D eigenvalue weighted by atomic mass is 32.1. The number of tetrazole rings is 1. The predicted molar refractivity (Wildman–Crippen MR) is 139 cm³/mol. The van der Waals surface area contributed by atoms with Crippen molar-refractivity contribution in [3.8, 4) is 22.5 Å². The minimum atomic E-state index is -1.06. The van der Waals surface area contributed by atoms with Gasteiger partial charge in [0, 0.05) is 10.4 Å². The van der Waals surface area contributed by atoms with Gasteiger partial charge in [-0.15, -0.1) is 21.5 Å². The number of rotatable bonds is 6. The molecule has 184 valence electrons. The first-order chi connectivity index (χ1) is 17.3. The molecule has 0 saturated carbocycles. The maximum Gasteiger partial charge on any atom is 0.249 e. The van der Waals surface area contributed by atoms with E-state index >= 15 is 0 Å². The summed E-state index contributed by atoms with van der Waals surface area (Å²) in [7, 11) is 0. The topological polar surface area (TPSA) is 130 Å². The predicted octanol–water partition coefficient (Wildman–Crippen LogP) is 3.30. The molecule has 0 spiro atoms. The number of nitrogens with one attached hydrogen (secondary N) is 2. The molecular weight excluding hydrogens is 474 g/mol. The van der Waals surface area contributed by atoms with Crippen LogP contribution in [0.15, 0.2) is 60.0 Å². The molecule has 1 atom stereocenters. The van der Waals surface area contributed by atoms with Crippen molar-refractivity contribution in [3.63, 3.8) is 0 Å². The van der Waals surface area contributed by atoms with Gasteiger partial charge in [-0.05, 0) is 60.0 Å². The van der Waals surface area contributed by atoms with Gasteiger partial charge in [-0.2, -0.15) is 5.21 Å². The van der Waals surface area contributed by atoms with Crippen molar-refractivity contribution in [1.29, 1.82) is 0 Å². The zero-order valence-corrected chi connectivity index (χ0v) is 20.9. The Morgan fingerprint density at radius 3 is 2.61 bits per heavy atom. The smallest absolute Gasteiger partial charge is 0.249 e. The third-order valence-corrected chi connectivity index (χ3v) is 7.22. The minimum absolute atomic E-state index is 0.128. The van der Waals surface area contributed by atoms with Crippen LogP contribution in [0.3, 0.4) is 0 Å². The van der Waals surface area contributed by atoms with Gasteiger partial charge in [0.15, 0.2) is 0 Å². The third kappa shape index (κ3) is 4.77. The van der Waals surface area contributed by atoms with E-state index in [0.717, 1.165) is 39.2 Å². The molecule has 5 rings (SSSR count). The highest BCUT2D eigenvalue weighted by Crippen LogP contribution is 2.34. The Morgan fingerprint density at radius 1 is 1.17 bits per heavy atom. The second kappa shape index (κ2) is 9.63. The molecule has 10 heteroatoms. The number of benzene rings is 2. The minimum Gasteiger partial charge on any atom is -0.343 e. The van der Waals surface area contributed by atoms with E-state index in [-0.39, 0.29) is 11.8 Å². The van der Waals surface area contributed by atoms with Crippen molar-refractivity contribution >= 4 is 28.8 Å². The Kier molecular flexibility index (Phi) is 6.38. The van der Waals surface area contributed by atoms with Gasteiger partial charge in [-0.3, -0.25) is 9.59 Å². The number of carbonyl (C=O) groups is 2. The molecule has 0 fully saturated rings. The zero-order valence-electron chi connectivity index (χ0n) is 20.1. The number of fused-ring (bicyclic) bond motifs is 1. The zero-order chi connectivity index (χ0) is 25.3. The Labute approximate surface area is 212 Å². The summed E-state index contributed by atoms with van der Waals surface area (Å²) in [6.45, 7) is 3.67. The number of H-pyrrole nitrogens is 1. The number of nitrogens with zero attached hydrogens (tertiary/aromatic N) is 4. The molecule has 4 aromatic rings. The summed E-state index contributed by atoms with van der Waals surface area (Å²) in [5.41, 5.74) is 9.66. The molecule has 3 heterocycles. The Hall–Kier alpha value is -3.89. The highest BCUT2D eigenvalue weighted by Gasteiger charge is 2.34. The average molecular weight is 502 g/mol. The van der Waals surface area contributed by atoms with Gasteiger partial charge in [0.2, 0.25) is 17.6 Å². The summed E-state index contributed by atoms with van der Waals surface area (Å²) in [6, 6.07) is 17.3. The molecule has 0 saturated heterocycles. The molecule has 9 nitrogen and oxygen atoms in total. The van der Waals surface area contributed by atoms with E-state index in [9.17, 15) is 9.59 Å². The fourth-order valence-corrected chi connectivity index (χ4v) is 5.18. The van der Waals surface area contributed by atoms with Crippen molar-refractivity contribution in [1.82, 2.24) is 25.9 Å². The summed E-state index contributed by atoms with van der Waals surface area (Å²) in [5.74, 6) is 0.0653. The van der Waals surface area contributed by atoms with Gasteiger partial charge >= 0.3 is 0 Å². The first-order valence-corrected chi connectivity index (χ1v) is 12.6. The van der Waals surface area contributed by atoms with Crippen molar-refractivity contribution < 1.29 is 9.59 Å². The van der Waals surface area contributed by atoms with Crippen LogP contribution in [0.2, 0.25) is 0 Å². The number of amides is 2. The van der Waals surface area contributed by atoms with E-state index in [1.165, 1.54) is 0 Å². The van der Waals surface area contributed by atoms with Crippen LogP contribution in [0.1, 0.15) is 30.7 Å². The van der Waals surface area contributed by atoms with Crippen molar-refractivity contribution in [3.05, 3.63) is 70.4 Å². The molecule has 1 aliphatic heterocycles. The fraction of sp³-hybridized carbons (Fsp3) is 0.269. The van der Waals surface area contributed by atoms with Crippen LogP contribution in [0.25, 0.3) is 22.5 Å². The van der Waals surface area contributed by atoms with Crippen LogP contribution in [0.5, 0.6) is 0 Å². The number of aryl methyl sites for hydroxylation is 1. The molecule has 1 aliphatic rings. The number of nitrogens with two attached hydrogens (primary N) is 1. The van der Waals surface area contributed by atoms with Crippen molar-refractivity contribution in [2.45, 2.75) is 44.8 Å². The monoisotopic (exact) mass is 501 g/mol. The molecule has 0 radical (unpaired) electrons. The average Bonchev–Trinajstić information content (AvgIpc) is 3.55. The molecule has 2 aromatic heterocycles. The van der Waals surface area contributed by atoms with Gasteiger partial charge in [-0.25, -0.2) is 0 Å². The van der Waals surface area contributed by atoms with Gasteiger partial charge in [0.25, 0.3) is 0 Å². The van der Waals surface area contributed by atoms with Crippen LogP contribution in [0.4, 0.5) is 5.69 Å². The van der Waals surface area contributed by atoms with E-state index in [1.54, 1.807) is 30.1 Å². The van der Waals surface area contributed by atoms with Crippen LogP contribution in [-0.4, -0.2) is 44.0 Å². The van der Waals surface area contributed by atoms with E-state index in [1.807, 2.05) is 60.0 Å². The summed E-state index contributed by atoms with van der Waals surface area (Å²) in [5, 5.41) is 19.3. The number of hydrogen-bond acceptors (Lipinski definition) is 7. The SMILES string of the molecule is CC(C)(N)C(=O)N[C@@H]1CCc2sccc2N(Cc2ccc(-c3ccccc3-c3nn[nH]n3)cc2)C1=O. The van der Waals surface area contributed by atoms with Crippen LogP contribution >= 0.6 is 11.3 Å². The van der Waals surface area contributed by atoms with Gasteiger partial charge in [0.05, 0.1) is 17.8 Å².